The van der Waals surface area contributed by atoms with E-state index in [-0.39, 0.29) is 25.2 Å². The minimum absolute atomic E-state index is 0.0855. The molecule has 1 heterocycles. The molecule has 12 nitrogen and oxygen atoms in total. The van der Waals surface area contributed by atoms with Crippen molar-refractivity contribution in [3.63, 3.8) is 0 Å². The summed E-state index contributed by atoms with van der Waals surface area (Å²) in [4.78, 5) is 62.4. The molecule has 3 amide bonds. The van der Waals surface area contributed by atoms with Crippen molar-refractivity contribution in [1.29, 1.82) is 0 Å². The summed E-state index contributed by atoms with van der Waals surface area (Å²) < 4.78 is 0. The molecule has 1 fully saturated rings. The van der Waals surface area contributed by atoms with Crippen molar-refractivity contribution in [2.45, 2.75) is 89.4 Å². The van der Waals surface area contributed by atoms with E-state index in [1.54, 1.807) is 6.92 Å². The monoisotopic (exact) mass is 485 g/mol. The smallest absolute Gasteiger partial charge is 0.326 e. The molecule has 0 aliphatic carbocycles. The van der Waals surface area contributed by atoms with Gasteiger partial charge in [0, 0.05) is 13.0 Å². The molecule has 194 valence electrons. The Labute approximate surface area is 199 Å². The fourth-order valence-electron chi connectivity index (χ4n) is 3.85. The van der Waals surface area contributed by atoms with Crippen LogP contribution in [-0.4, -0.2) is 82.0 Å². The van der Waals surface area contributed by atoms with E-state index < -0.39 is 53.8 Å². The Hall–Kier alpha value is -2.73. The highest BCUT2D eigenvalue weighted by Crippen LogP contribution is 2.21. The third kappa shape index (κ3) is 8.90. The van der Waals surface area contributed by atoms with Gasteiger partial charge in [0.1, 0.15) is 18.1 Å². The molecule has 0 aromatic heterocycles. The zero-order valence-corrected chi connectivity index (χ0v) is 20.0. The number of carboxylic acid groups (broad SMARTS) is 2. The van der Waals surface area contributed by atoms with E-state index in [1.807, 2.05) is 6.92 Å². The molecule has 0 aromatic carbocycles. The van der Waals surface area contributed by atoms with Crippen molar-refractivity contribution in [3.05, 3.63) is 0 Å². The largest absolute Gasteiger partial charge is 0.481 e. The third-order valence-corrected chi connectivity index (χ3v) is 6.18. The second-order valence-electron chi connectivity index (χ2n) is 8.78. The number of carbonyl (C=O) groups is 5. The Bertz CT molecular complexity index is 732. The van der Waals surface area contributed by atoms with E-state index in [0.29, 0.717) is 45.2 Å². The van der Waals surface area contributed by atoms with Crippen LogP contribution in [0.4, 0.5) is 0 Å². The summed E-state index contributed by atoms with van der Waals surface area (Å²) in [5.74, 6) is -4.14. The number of nitrogens with zero attached hydrogens (tertiary/aromatic N) is 1. The van der Waals surface area contributed by atoms with Gasteiger partial charge in [0.15, 0.2) is 0 Å². The predicted octanol–water partition coefficient (Wildman–Crippen LogP) is -0.601. The number of amides is 3. The van der Waals surface area contributed by atoms with E-state index >= 15 is 0 Å². The topological polar surface area (TPSA) is 205 Å². The first kappa shape index (κ1) is 29.3. The van der Waals surface area contributed by atoms with E-state index in [2.05, 4.69) is 10.6 Å². The van der Waals surface area contributed by atoms with Gasteiger partial charge in [0.05, 0.1) is 6.04 Å². The summed E-state index contributed by atoms with van der Waals surface area (Å²) in [7, 11) is 0. The van der Waals surface area contributed by atoms with E-state index in [1.165, 1.54) is 4.90 Å². The molecule has 34 heavy (non-hydrogen) atoms. The lowest BCUT2D eigenvalue weighted by atomic mass is 9.96. The Morgan fingerprint density at radius 1 is 1.06 bits per heavy atom. The van der Waals surface area contributed by atoms with E-state index in [9.17, 15) is 29.1 Å². The molecule has 0 saturated carbocycles. The van der Waals surface area contributed by atoms with Gasteiger partial charge in [-0.15, -0.1) is 0 Å². The van der Waals surface area contributed by atoms with Crippen LogP contribution in [0, 0.1) is 5.92 Å². The molecule has 1 aliphatic rings. The number of carbonyl (C=O) groups excluding carboxylic acids is 3. The molecule has 0 aromatic rings. The first-order chi connectivity index (χ1) is 16.0. The molecule has 1 saturated heterocycles. The van der Waals surface area contributed by atoms with Gasteiger partial charge in [0.2, 0.25) is 17.7 Å². The molecule has 0 bridgehead atoms. The maximum atomic E-state index is 13.2. The first-order valence-electron chi connectivity index (χ1n) is 11.8. The van der Waals surface area contributed by atoms with Crippen LogP contribution in [0.3, 0.4) is 0 Å². The van der Waals surface area contributed by atoms with Crippen LogP contribution in [0.1, 0.15) is 65.2 Å². The van der Waals surface area contributed by atoms with Gasteiger partial charge in [0.25, 0.3) is 0 Å². The van der Waals surface area contributed by atoms with Crippen molar-refractivity contribution in [2.75, 3.05) is 13.1 Å². The van der Waals surface area contributed by atoms with Crippen molar-refractivity contribution in [3.8, 4) is 0 Å². The van der Waals surface area contributed by atoms with Gasteiger partial charge in [-0.05, 0) is 51.0 Å². The van der Waals surface area contributed by atoms with Gasteiger partial charge in [-0.2, -0.15) is 0 Å². The van der Waals surface area contributed by atoms with Crippen LogP contribution in [0.15, 0.2) is 0 Å². The number of carboxylic acids is 2. The highest BCUT2D eigenvalue weighted by Gasteiger charge is 2.39. The summed E-state index contributed by atoms with van der Waals surface area (Å²) in [6, 6.07) is -3.98. The minimum Gasteiger partial charge on any atom is -0.481 e. The molecule has 8 N–H and O–H groups in total. The molecular formula is C22H39N5O7. The second kappa shape index (κ2) is 14.5. The molecule has 1 aliphatic heterocycles. The first-order valence-corrected chi connectivity index (χ1v) is 11.8. The summed E-state index contributed by atoms with van der Waals surface area (Å²) in [6.07, 6.45) is 2.52. The molecule has 0 spiro atoms. The lowest BCUT2D eigenvalue weighted by Crippen LogP contribution is -2.58. The normalized spacial score (nSPS) is 19.1. The van der Waals surface area contributed by atoms with Crippen LogP contribution >= 0.6 is 0 Å². The maximum absolute atomic E-state index is 13.2. The van der Waals surface area contributed by atoms with E-state index in [0.717, 1.165) is 0 Å². The lowest BCUT2D eigenvalue weighted by molar-refractivity contribution is -0.150. The summed E-state index contributed by atoms with van der Waals surface area (Å²) >= 11 is 0. The van der Waals surface area contributed by atoms with Crippen molar-refractivity contribution in [1.82, 2.24) is 15.5 Å². The maximum Gasteiger partial charge on any atom is 0.326 e. The highest BCUT2D eigenvalue weighted by molar-refractivity contribution is 5.94. The standard InChI is InChI=1S/C22H39N5O7/c1-3-13(2)18(21(32)27-12-6-8-16(27)22(33)34)26-20(31)15(7-4-5-11-23)25-19(30)14(24)9-10-17(28)29/h13-16,18H,3-12,23-24H2,1-2H3,(H,25,30)(H,26,31)(H,28,29)(H,33,34). The number of aliphatic carboxylic acids is 2. The zero-order valence-electron chi connectivity index (χ0n) is 20.0. The number of rotatable bonds is 15. The average Bonchev–Trinajstić information content (AvgIpc) is 3.29. The Kier molecular flexibility index (Phi) is 12.5. The van der Waals surface area contributed by atoms with Crippen molar-refractivity contribution in [2.24, 2.45) is 17.4 Å². The van der Waals surface area contributed by atoms with Gasteiger partial charge >= 0.3 is 11.9 Å². The third-order valence-electron chi connectivity index (χ3n) is 6.18. The quantitative estimate of drug-likeness (QED) is 0.163. The number of nitrogens with one attached hydrogen (secondary N) is 2. The average molecular weight is 486 g/mol. The Balaban J connectivity index is 2.98. The van der Waals surface area contributed by atoms with Gasteiger partial charge in [-0.25, -0.2) is 4.79 Å². The fourth-order valence-corrected chi connectivity index (χ4v) is 3.85. The van der Waals surface area contributed by atoms with Crippen molar-refractivity contribution >= 4 is 29.7 Å². The number of likely N-dealkylation sites (tertiary alicyclic amines) is 1. The molecule has 5 atom stereocenters. The highest BCUT2D eigenvalue weighted by atomic mass is 16.4. The van der Waals surface area contributed by atoms with Crippen LogP contribution in [-0.2, 0) is 24.0 Å². The minimum atomic E-state index is -1.10. The Morgan fingerprint density at radius 3 is 2.29 bits per heavy atom. The zero-order chi connectivity index (χ0) is 25.8. The SMILES string of the molecule is CCC(C)C(NC(=O)C(CCCCN)NC(=O)C(N)CCC(=O)O)C(=O)N1CCCC1C(=O)O. The summed E-state index contributed by atoms with van der Waals surface area (Å²) in [6.45, 7) is 4.35. The number of nitrogens with two attached hydrogens (primary N) is 2. The molecular weight excluding hydrogens is 446 g/mol. The van der Waals surface area contributed by atoms with Crippen LogP contribution in [0.5, 0.6) is 0 Å². The lowest BCUT2D eigenvalue weighted by Gasteiger charge is -2.31. The predicted molar refractivity (Wildman–Crippen MR) is 123 cm³/mol. The van der Waals surface area contributed by atoms with E-state index in [4.69, 9.17) is 16.6 Å². The molecule has 0 radical (unpaired) electrons. The summed E-state index contributed by atoms with van der Waals surface area (Å²) in [5.41, 5.74) is 11.3. The number of unbranched alkanes of at least 4 members (excludes halogenated alkanes) is 1. The number of hydrogen-bond donors (Lipinski definition) is 6. The molecule has 12 heteroatoms. The van der Waals surface area contributed by atoms with Crippen LogP contribution < -0.4 is 22.1 Å². The molecule has 5 unspecified atom stereocenters. The fraction of sp³-hybridized carbons (Fsp3) is 0.773. The van der Waals surface area contributed by atoms with Gasteiger partial charge < -0.3 is 37.2 Å². The van der Waals surface area contributed by atoms with Crippen LogP contribution in [0.2, 0.25) is 0 Å². The van der Waals surface area contributed by atoms with Crippen LogP contribution in [0.25, 0.3) is 0 Å². The summed E-state index contributed by atoms with van der Waals surface area (Å²) in [5, 5.41) is 23.5. The van der Waals surface area contributed by atoms with Gasteiger partial charge in [-0.3, -0.25) is 19.2 Å². The Morgan fingerprint density at radius 2 is 1.74 bits per heavy atom. The second-order valence-corrected chi connectivity index (χ2v) is 8.78. The van der Waals surface area contributed by atoms with Crippen molar-refractivity contribution < 1.29 is 34.2 Å². The van der Waals surface area contributed by atoms with Gasteiger partial charge in [-0.1, -0.05) is 20.3 Å². The molecule has 1 rings (SSSR count). The number of hydrogen-bond acceptors (Lipinski definition) is 7.